The number of hydrogen-bond donors (Lipinski definition) is 1. The molecule has 90 valence electrons. The molecule has 0 aliphatic carbocycles. The monoisotopic (exact) mass is 256 g/mol. The van der Waals surface area contributed by atoms with Gasteiger partial charge in [0.15, 0.2) is 15.8 Å². The highest BCUT2D eigenvalue weighted by Crippen LogP contribution is 2.38. The second-order valence-corrected chi connectivity index (χ2v) is 5.06. The largest absolute Gasteiger partial charge is 0.364 e. The van der Waals surface area contributed by atoms with Crippen LogP contribution in [0.25, 0.3) is 0 Å². The number of rotatable bonds is 2. The molecular weight excluding hydrogens is 244 g/mol. The van der Waals surface area contributed by atoms with E-state index in [2.05, 4.69) is 33.4 Å². The Bertz CT molecular complexity index is 626. The lowest BCUT2D eigenvalue weighted by molar-refractivity contribution is 0.979. The third kappa shape index (κ3) is 1.62. The first-order valence-electron chi connectivity index (χ1n) is 5.77. The van der Waals surface area contributed by atoms with Gasteiger partial charge in [-0.15, -0.1) is 0 Å². The SMILES string of the molecule is CNc1nc(N2CCc3ccccc32)c(C#N)s1. The molecule has 0 saturated heterocycles. The predicted molar refractivity (Wildman–Crippen MR) is 73.5 cm³/mol. The molecule has 1 aromatic heterocycles. The standard InChI is InChI=1S/C13H12N4S/c1-15-13-16-12(11(8-14)18-13)17-7-6-9-4-2-3-5-10(9)17/h2-5H,6-7H2,1H3,(H,15,16). The van der Waals surface area contributed by atoms with Crippen molar-refractivity contribution in [1.29, 1.82) is 5.26 Å². The van der Waals surface area contributed by atoms with E-state index in [1.54, 1.807) is 0 Å². The fourth-order valence-electron chi connectivity index (χ4n) is 2.23. The number of nitrogens with zero attached hydrogens (tertiary/aromatic N) is 3. The molecule has 3 rings (SSSR count). The number of anilines is 3. The van der Waals surface area contributed by atoms with Crippen LogP contribution in [-0.2, 0) is 6.42 Å². The predicted octanol–water partition coefficient (Wildman–Crippen LogP) is 2.75. The molecule has 2 heterocycles. The van der Waals surface area contributed by atoms with Crippen molar-refractivity contribution in [1.82, 2.24) is 4.98 Å². The topological polar surface area (TPSA) is 52.0 Å². The Morgan fingerprint density at radius 3 is 3.06 bits per heavy atom. The van der Waals surface area contributed by atoms with Crippen molar-refractivity contribution in [3.05, 3.63) is 34.7 Å². The summed E-state index contributed by atoms with van der Waals surface area (Å²) in [5, 5.41) is 13.0. The molecule has 0 spiro atoms. The lowest BCUT2D eigenvalue weighted by Crippen LogP contribution is -2.14. The molecule has 0 unspecified atom stereocenters. The molecule has 18 heavy (non-hydrogen) atoms. The Morgan fingerprint density at radius 1 is 1.44 bits per heavy atom. The molecule has 1 aromatic carbocycles. The van der Waals surface area contributed by atoms with Crippen LogP contribution in [0.15, 0.2) is 24.3 Å². The minimum absolute atomic E-state index is 0.663. The van der Waals surface area contributed by atoms with Gasteiger partial charge in [0.2, 0.25) is 0 Å². The number of hydrogen-bond acceptors (Lipinski definition) is 5. The van der Waals surface area contributed by atoms with Crippen LogP contribution in [0.2, 0.25) is 0 Å². The maximum Gasteiger partial charge on any atom is 0.185 e. The smallest absolute Gasteiger partial charge is 0.185 e. The molecule has 0 fully saturated rings. The summed E-state index contributed by atoms with van der Waals surface area (Å²) in [6.45, 7) is 0.890. The second-order valence-electron chi connectivity index (χ2n) is 4.06. The summed E-state index contributed by atoms with van der Waals surface area (Å²) in [5.74, 6) is 0.775. The van der Waals surface area contributed by atoms with Crippen molar-refractivity contribution in [3.63, 3.8) is 0 Å². The Balaban J connectivity index is 2.07. The van der Waals surface area contributed by atoms with E-state index in [0.717, 1.165) is 23.9 Å². The summed E-state index contributed by atoms with van der Waals surface area (Å²) in [6.07, 6.45) is 1.01. The summed E-state index contributed by atoms with van der Waals surface area (Å²) in [6, 6.07) is 10.5. The molecule has 4 nitrogen and oxygen atoms in total. The van der Waals surface area contributed by atoms with Crippen LogP contribution >= 0.6 is 11.3 Å². The number of aromatic nitrogens is 1. The van der Waals surface area contributed by atoms with Crippen molar-refractivity contribution in [3.8, 4) is 6.07 Å². The number of nitriles is 1. The third-order valence-electron chi connectivity index (χ3n) is 3.07. The first-order chi connectivity index (χ1) is 8.83. The van der Waals surface area contributed by atoms with Gasteiger partial charge < -0.3 is 10.2 Å². The maximum absolute atomic E-state index is 9.20. The molecule has 1 N–H and O–H groups in total. The van der Waals surface area contributed by atoms with Gasteiger partial charge in [0.25, 0.3) is 0 Å². The highest BCUT2D eigenvalue weighted by Gasteiger charge is 2.25. The fourth-order valence-corrected chi connectivity index (χ4v) is 2.95. The van der Waals surface area contributed by atoms with Crippen molar-refractivity contribution < 1.29 is 0 Å². The average Bonchev–Trinajstić information content (AvgIpc) is 3.01. The van der Waals surface area contributed by atoms with E-state index in [4.69, 9.17) is 0 Å². The number of thiazole rings is 1. The molecule has 0 bridgehead atoms. The molecule has 0 amide bonds. The molecule has 0 atom stereocenters. The van der Waals surface area contributed by atoms with E-state index in [9.17, 15) is 5.26 Å². The molecule has 0 radical (unpaired) electrons. The van der Waals surface area contributed by atoms with Gasteiger partial charge in [-0.25, -0.2) is 4.98 Å². The highest BCUT2D eigenvalue weighted by molar-refractivity contribution is 7.16. The zero-order valence-corrected chi connectivity index (χ0v) is 10.8. The van der Waals surface area contributed by atoms with Crippen molar-refractivity contribution >= 4 is 28.0 Å². The van der Waals surface area contributed by atoms with Gasteiger partial charge in [-0.3, -0.25) is 0 Å². The quantitative estimate of drug-likeness (QED) is 0.897. The average molecular weight is 256 g/mol. The molecular formula is C13H12N4S. The molecule has 2 aromatic rings. The van der Waals surface area contributed by atoms with Gasteiger partial charge in [0.1, 0.15) is 6.07 Å². The normalized spacial score (nSPS) is 13.2. The van der Waals surface area contributed by atoms with Crippen molar-refractivity contribution in [2.24, 2.45) is 0 Å². The first-order valence-corrected chi connectivity index (χ1v) is 6.59. The Morgan fingerprint density at radius 2 is 2.28 bits per heavy atom. The van der Waals surface area contributed by atoms with Crippen LogP contribution in [0.1, 0.15) is 10.4 Å². The summed E-state index contributed by atoms with van der Waals surface area (Å²) < 4.78 is 0. The number of nitrogens with one attached hydrogen (secondary N) is 1. The van der Waals surface area contributed by atoms with Crippen LogP contribution < -0.4 is 10.2 Å². The van der Waals surface area contributed by atoms with E-state index >= 15 is 0 Å². The fraction of sp³-hybridized carbons (Fsp3) is 0.231. The number of benzene rings is 1. The summed E-state index contributed by atoms with van der Waals surface area (Å²) in [7, 11) is 1.82. The van der Waals surface area contributed by atoms with Crippen LogP contribution in [0.3, 0.4) is 0 Å². The van der Waals surface area contributed by atoms with Crippen LogP contribution in [0, 0.1) is 11.3 Å². The summed E-state index contributed by atoms with van der Waals surface area (Å²) >= 11 is 1.40. The van der Waals surface area contributed by atoms with E-state index in [1.807, 2.05) is 19.2 Å². The van der Waals surface area contributed by atoms with Gasteiger partial charge in [0, 0.05) is 19.3 Å². The highest BCUT2D eigenvalue weighted by atomic mass is 32.1. The Kier molecular flexibility index (Phi) is 2.65. The lowest BCUT2D eigenvalue weighted by Gasteiger charge is -2.16. The van der Waals surface area contributed by atoms with Crippen LogP contribution in [-0.4, -0.2) is 18.6 Å². The minimum atomic E-state index is 0.663. The van der Waals surface area contributed by atoms with Gasteiger partial charge in [-0.05, 0) is 18.1 Å². The molecule has 0 saturated carbocycles. The Hall–Kier alpha value is -2.06. The summed E-state index contributed by atoms with van der Waals surface area (Å²) in [4.78, 5) is 7.28. The second kappa shape index (κ2) is 4.31. The number of para-hydroxylation sites is 1. The van der Waals surface area contributed by atoms with Crippen LogP contribution in [0.4, 0.5) is 16.6 Å². The van der Waals surface area contributed by atoms with Crippen molar-refractivity contribution in [2.75, 3.05) is 23.8 Å². The van der Waals surface area contributed by atoms with Gasteiger partial charge >= 0.3 is 0 Å². The summed E-state index contributed by atoms with van der Waals surface area (Å²) in [5.41, 5.74) is 2.49. The van der Waals surface area contributed by atoms with E-state index in [-0.39, 0.29) is 0 Å². The van der Waals surface area contributed by atoms with E-state index in [0.29, 0.717) is 4.88 Å². The molecule has 1 aliphatic heterocycles. The van der Waals surface area contributed by atoms with Gasteiger partial charge in [-0.1, -0.05) is 29.5 Å². The van der Waals surface area contributed by atoms with Crippen molar-refractivity contribution in [2.45, 2.75) is 6.42 Å². The van der Waals surface area contributed by atoms with Crippen LogP contribution in [0.5, 0.6) is 0 Å². The van der Waals surface area contributed by atoms with Gasteiger partial charge in [-0.2, -0.15) is 5.26 Å². The number of fused-ring (bicyclic) bond motifs is 1. The Labute approximate surface area is 110 Å². The maximum atomic E-state index is 9.20. The lowest BCUT2D eigenvalue weighted by atomic mass is 10.2. The third-order valence-corrected chi connectivity index (χ3v) is 4.03. The molecule has 5 heteroatoms. The minimum Gasteiger partial charge on any atom is -0.364 e. The van der Waals surface area contributed by atoms with Gasteiger partial charge in [0.05, 0.1) is 0 Å². The first kappa shape index (κ1) is 11.1. The zero-order chi connectivity index (χ0) is 12.5. The van der Waals surface area contributed by atoms with E-state index < -0.39 is 0 Å². The molecule has 1 aliphatic rings. The zero-order valence-electron chi connectivity index (χ0n) is 9.97. The van der Waals surface area contributed by atoms with E-state index in [1.165, 1.54) is 22.6 Å².